The van der Waals surface area contributed by atoms with Crippen molar-refractivity contribution in [2.24, 2.45) is 0 Å². The van der Waals surface area contributed by atoms with Crippen molar-refractivity contribution in [1.29, 1.82) is 0 Å². The molecule has 0 aliphatic rings. The summed E-state index contributed by atoms with van der Waals surface area (Å²) in [6.07, 6.45) is 0.831. The molecule has 112 valence electrons. The van der Waals surface area contributed by atoms with Gasteiger partial charge in [-0.1, -0.05) is 29.3 Å². The average molecular weight is 317 g/mol. The Morgan fingerprint density at radius 3 is 2.55 bits per heavy atom. The van der Waals surface area contributed by atoms with E-state index in [9.17, 15) is 4.79 Å². The Balaban J connectivity index is 2.50. The number of hydrogen-bond acceptors (Lipinski definition) is 2. The third-order valence-electron chi connectivity index (χ3n) is 2.99. The zero-order valence-corrected chi connectivity index (χ0v) is 13.9. The fraction of sp³-hybridized carbons (Fsp3) is 0.533. The lowest BCUT2D eigenvalue weighted by Gasteiger charge is -2.29. The summed E-state index contributed by atoms with van der Waals surface area (Å²) in [5.74, 6) is -0.0112. The van der Waals surface area contributed by atoms with Gasteiger partial charge in [-0.3, -0.25) is 4.79 Å². The lowest BCUT2D eigenvalue weighted by atomic mass is 9.95. The molecule has 1 amide bonds. The molecule has 0 bridgehead atoms. The van der Waals surface area contributed by atoms with E-state index in [0.29, 0.717) is 16.6 Å². The minimum Gasteiger partial charge on any atom is -0.351 e. The molecule has 1 unspecified atom stereocenters. The topological polar surface area (TPSA) is 41.1 Å². The second-order valence-electron chi connectivity index (χ2n) is 5.79. The Labute approximate surface area is 131 Å². The third-order valence-corrected chi connectivity index (χ3v) is 3.57. The van der Waals surface area contributed by atoms with Crippen molar-refractivity contribution in [1.82, 2.24) is 10.6 Å². The normalized spacial score (nSPS) is 13.1. The third kappa shape index (κ3) is 6.12. The summed E-state index contributed by atoms with van der Waals surface area (Å²) in [7, 11) is 0. The Morgan fingerprint density at radius 2 is 2.00 bits per heavy atom. The van der Waals surface area contributed by atoms with E-state index in [4.69, 9.17) is 23.2 Å². The Bertz CT molecular complexity index is 475. The van der Waals surface area contributed by atoms with Crippen LogP contribution in [-0.2, 0) is 11.3 Å². The fourth-order valence-corrected chi connectivity index (χ4v) is 2.79. The van der Waals surface area contributed by atoms with Crippen molar-refractivity contribution in [2.45, 2.75) is 52.2 Å². The molecule has 1 rings (SSSR count). The number of nitrogens with one attached hydrogen (secondary N) is 2. The quantitative estimate of drug-likeness (QED) is 0.838. The van der Waals surface area contributed by atoms with Crippen LogP contribution in [0.15, 0.2) is 18.2 Å². The zero-order chi connectivity index (χ0) is 15.3. The standard InChI is InChI=1S/C15H22Cl2N2O/c1-10(8-15(3,4)19-11(2)20)18-9-12-5-6-13(16)7-14(12)17/h5-7,10,18H,8-9H2,1-4H3,(H,19,20). The number of hydrogen-bond donors (Lipinski definition) is 2. The predicted octanol–water partition coefficient (Wildman–Crippen LogP) is 3.78. The molecular formula is C15H22Cl2N2O. The number of benzene rings is 1. The molecule has 2 N–H and O–H groups in total. The molecule has 1 aromatic rings. The number of carbonyl (C=O) groups excluding carboxylic acids is 1. The zero-order valence-electron chi connectivity index (χ0n) is 12.4. The second kappa shape index (κ2) is 7.30. The first kappa shape index (κ1) is 17.3. The highest BCUT2D eigenvalue weighted by Crippen LogP contribution is 2.21. The van der Waals surface area contributed by atoms with Gasteiger partial charge in [0.05, 0.1) is 0 Å². The molecule has 20 heavy (non-hydrogen) atoms. The van der Waals surface area contributed by atoms with Gasteiger partial charge in [0, 0.05) is 35.1 Å². The molecule has 5 heteroatoms. The van der Waals surface area contributed by atoms with Gasteiger partial charge in [-0.05, 0) is 44.9 Å². The predicted molar refractivity (Wildman–Crippen MR) is 85.3 cm³/mol. The highest BCUT2D eigenvalue weighted by Gasteiger charge is 2.21. The Morgan fingerprint density at radius 1 is 1.35 bits per heavy atom. The lowest BCUT2D eigenvalue weighted by molar-refractivity contribution is -0.120. The first-order chi connectivity index (χ1) is 9.19. The summed E-state index contributed by atoms with van der Waals surface area (Å²) < 4.78 is 0. The molecular weight excluding hydrogens is 295 g/mol. The Kier molecular flexibility index (Phi) is 6.31. The SMILES string of the molecule is CC(=O)NC(C)(C)CC(C)NCc1ccc(Cl)cc1Cl. The van der Waals surface area contributed by atoms with E-state index in [1.807, 2.05) is 26.0 Å². The highest BCUT2D eigenvalue weighted by molar-refractivity contribution is 6.35. The van der Waals surface area contributed by atoms with Gasteiger partial charge in [0.2, 0.25) is 5.91 Å². The van der Waals surface area contributed by atoms with E-state index in [2.05, 4.69) is 17.6 Å². The molecule has 1 aromatic carbocycles. The maximum atomic E-state index is 11.1. The first-order valence-electron chi connectivity index (χ1n) is 6.66. The molecule has 0 aliphatic heterocycles. The summed E-state index contributed by atoms with van der Waals surface area (Å²) in [5.41, 5.74) is 0.780. The van der Waals surface area contributed by atoms with Crippen molar-refractivity contribution in [3.8, 4) is 0 Å². The van der Waals surface area contributed by atoms with Gasteiger partial charge in [0.1, 0.15) is 0 Å². The number of amides is 1. The van der Waals surface area contributed by atoms with Crippen molar-refractivity contribution in [3.05, 3.63) is 33.8 Å². The van der Waals surface area contributed by atoms with Gasteiger partial charge in [0.15, 0.2) is 0 Å². The van der Waals surface area contributed by atoms with Crippen LogP contribution in [0.5, 0.6) is 0 Å². The van der Waals surface area contributed by atoms with Crippen LogP contribution in [0, 0.1) is 0 Å². The molecule has 0 heterocycles. The summed E-state index contributed by atoms with van der Waals surface area (Å²) >= 11 is 12.0. The number of rotatable bonds is 6. The molecule has 0 fully saturated rings. The van der Waals surface area contributed by atoms with Crippen molar-refractivity contribution in [2.75, 3.05) is 0 Å². The summed E-state index contributed by atoms with van der Waals surface area (Å²) in [4.78, 5) is 11.1. The minimum atomic E-state index is -0.234. The van der Waals surface area contributed by atoms with Gasteiger partial charge in [0.25, 0.3) is 0 Å². The summed E-state index contributed by atoms with van der Waals surface area (Å²) in [5, 5.41) is 7.66. The van der Waals surface area contributed by atoms with E-state index in [0.717, 1.165) is 12.0 Å². The molecule has 0 saturated heterocycles. The molecule has 1 atom stereocenters. The minimum absolute atomic E-state index is 0.0112. The van der Waals surface area contributed by atoms with Crippen LogP contribution < -0.4 is 10.6 Å². The van der Waals surface area contributed by atoms with E-state index in [1.165, 1.54) is 6.92 Å². The van der Waals surface area contributed by atoms with Gasteiger partial charge in [-0.15, -0.1) is 0 Å². The van der Waals surface area contributed by atoms with E-state index in [-0.39, 0.29) is 17.5 Å². The first-order valence-corrected chi connectivity index (χ1v) is 7.41. The van der Waals surface area contributed by atoms with Crippen LogP contribution in [0.4, 0.5) is 0 Å². The summed E-state index contributed by atoms with van der Waals surface area (Å²) in [6, 6.07) is 5.75. The molecule has 0 aliphatic carbocycles. The van der Waals surface area contributed by atoms with Crippen molar-refractivity contribution < 1.29 is 4.79 Å². The number of carbonyl (C=O) groups is 1. The van der Waals surface area contributed by atoms with Gasteiger partial charge < -0.3 is 10.6 Å². The maximum Gasteiger partial charge on any atom is 0.217 e. The molecule has 3 nitrogen and oxygen atoms in total. The van der Waals surface area contributed by atoms with Crippen LogP contribution >= 0.6 is 23.2 Å². The van der Waals surface area contributed by atoms with Gasteiger partial charge >= 0.3 is 0 Å². The van der Waals surface area contributed by atoms with E-state index < -0.39 is 0 Å². The van der Waals surface area contributed by atoms with Crippen LogP contribution in [0.25, 0.3) is 0 Å². The van der Waals surface area contributed by atoms with E-state index >= 15 is 0 Å². The maximum absolute atomic E-state index is 11.1. The lowest BCUT2D eigenvalue weighted by Crippen LogP contribution is -2.46. The van der Waals surface area contributed by atoms with Crippen molar-refractivity contribution >= 4 is 29.1 Å². The van der Waals surface area contributed by atoms with Crippen LogP contribution in [0.1, 0.15) is 39.7 Å². The number of halogens is 2. The van der Waals surface area contributed by atoms with Crippen molar-refractivity contribution in [3.63, 3.8) is 0 Å². The molecule has 0 spiro atoms. The Hall–Kier alpha value is -0.770. The summed E-state index contributed by atoms with van der Waals surface area (Å²) in [6.45, 7) is 8.33. The molecule has 0 radical (unpaired) electrons. The smallest absolute Gasteiger partial charge is 0.217 e. The fourth-order valence-electron chi connectivity index (χ4n) is 2.31. The molecule has 0 saturated carbocycles. The highest BCUT2D eigenvalue weighted by atomic mass is 35.5. The average Bonchev–Trinajstić information content (AvgIpc) is 2.24. The van der Waals surface area contributed by atoms with Crippen LogP contribution in [0.3, 0.4) is 0 Å². The van der Waals surface area contributed by atoms with E-state index in [1.54, 1.807) is 6.07 Å². The van der Waals surface area contributed by atoms with Crippen LogP contribution in [-0.4, -0.2) is 17.5 Å². The molecule has 0 aromatic heterocycles. The second-order valence-corrected chi connectivity index (χ2v) is 6.63. The van der Waals surface area contributed by atoms with Gasteiger partial charge in [-0.2, -0.15) is 0 Å². The van der Waals surface area contributed by atoms with Gasteiger partial charge in [-0.25, -0.2) is 0 Å². The monoisotopic (exact) mass is 316 g/mol. The largest absolute Gasteiger partial charge is 0.351 e. The van der Waals surface area contributed by atoms with Crippen LogP contribution in [0.2, 0.25) is 10.0 Å².